The highest BCUT2D eigenvalue weighted by atomic mass is 16.4. The van der Waals surface area contributed by atoms with Gasteiger partial charge in [-0.2, -0.15) is 0 Å². The Balaban J connectivity index is 2.04. The lowest BCUT2D eigenvalue weighted by Crippen LogP contribution is -2.34. The first-order chi connectivity index (χ1) is 12.5. The molecule has 0 radical (unpaired) electrons. The molecular weight excluding hydrogens is 328 g/mol. The number of amides is 1. The third-order valence-electron chi connectivity index (χ3n) is 4.94. The molecule has 26 heavy (non-hydrogen) atoms. The van der Waals surface area contributed by atoms with Crippen molar-refractivity contribution in [2.45, 2.75) is 25.9 Å². The van der Waals surface area contributed by atoms with E-state index in [1.807, 2.05) is 73.0 Å². The average molecular weight is 348 g/mol. The summed E-state index contributed by atoms with van der Waals surface area (Å²) < 4.78 is 2.03. The quantitative estimate of drug-likeness (QED) is 0.779. The largest absolute Gasteiger partial charge is 0.480 e. The van der Waals surface area contributed by atoms with Crippen molar-refractivity contribution in [1.29, 1.82) is 0 Å². The number of carboxylic acids is 1. The number of carbonyl (C=O) groups is 2. The van der Waals surface area contributed by atoms with Gasteiger partial charge in [0.15, 0.2) is 0 Å². The number of fused-ring (bicyclic) bond motifs is 3. The Morgan fingerprint density at radius 1 is 1.08 bits per heavy atom. The Bertz CT molecular complexity index is 1000. The Kier molecular flexibility index (Phi) is 3.80. The molecule has 0 aliphatic carbocycles. The molecule has 1 unspecified atom stereocenters. The summed E-state index contributed by atoms with van der Waals surface area (Å²) in [4.78, 5) is 26.2. The van der Waals surface area contributed by atoms with Gasteiger partial charge in [-0.3, -0.25) is 9.59 Å². The summed E-state index contributed by atoms with van der Waals surface area (Å²) in [5.74, 6) is -1.23. The molecule has 1 N–H and O–H groups in total. The fourth-order valence-corrected chi connectivity index (χ4v) is 4.02. The molecule has 1 aliphatic rings. The molecule has 5 heteroatoms. The molecule has 1 aromatic heterocycles. The van der Waals surface area contributed by atoms with Crippen LogP contribution in [0, 0.1) is 0 Å². The molecule has 1 aliphatic heterocycles. The maximum absolute atomic E-state index is 13.3. The van der Waals surface area contributed by atoms with Crippen molar-refractivity contribution >= 4 is 22.8 Å². The Hall–Kier alpha value is -3.08. The molecule has 5 nitrogen and oxygen atoms in total. The molecule has 0 saturated heterocycles. The van der Waals surface area contributed by atoms with Crippen LogP contribution in [0.3, 0.4) is 0 Å². The van der Waals surface area contributed by atoms with Crippen LogP contribution in [-0.4, -0.2) is 33.0 Å². The number of rotatable bonds is 4. The van der Waals surface area contributed by atoms with Gasteiger partial charge in [-0.1, -0.05) is 48.5 Å². The highest BCUT2D eigenvalue weighted by Crippen LogP contribution is 2.45. The molecule has 0 saturated carbocycles. The van der Waals surface area contributed by atoms with E-state index in [2.05, 4.69) is 0 Å². The van der Waals surface area contributed by atoms with E-state index in [4.69, 9.17) is 0 Å². The van der Waals surface area contributed by atoms with Crippen LogP contribution < -0.4 is 0 Å². The van der Waals surface area contributed by atoms with Crippen molar-refractivity contribution in [3.05, 3.63) is 71.4 Å². The van der Waals surface area contributed by atoms with Gasteiger partial charge in [0.25, 0.3) is 5.91 Å². The van der Waals surface area contributed by atoms with E-state index in [0.29, 0.717) is 5.69 Å². The number of hydrogen-bond acceptors (Lipinski definition) is 2. The smallest absolute Gasteiger partial charge is 0.323 e. The molecule has 2 heterocycles. The SMILES string of the molecule is CC(C)n1c2c(c3ccccc31)C(c1ccccc1)N(CC(=O)O)C2=O. The Morgan fingerprint density at radius 2 is 1.73 bits per heavy atom. The number of para-hydroxylation sites is 1. The van der Waals surface area contributed by atoms with Crippen molar-refractivity contribution in [3.8, 4) is 0 Å². The zero-order valence-electron chi connectivity index (χ0n) is 14.7. The van der Waals surface area contributed by atoms with Crippen LogP contribution >= 0.6 is 0 Å². The third kappa shape index (κ3) is 2.31. The molecule has 1 atom stereocenters. The Labute approximate surface area is 151 Å². The van der Waals surface area contributed by atoms with Crippen LogP contribution in [0.4, 0.5) is 0 Å². The summed E-state index contributed by atoms with van der Waals surface area (Å²) in [6.07, 6.45) is 0. The predicted molar refractivity (Wildman–Crippen MR) is 99.3 cm³/mol. The van der Waals surface area contributed by atoms with E-state index < -0.39 is 5.97 Å². The Morgan fingerprint density at radius 3 is 2.38 bits per heavy atom. The molecule has 0 spiro atoms. The van der Waals surface area contributed by atoms with Gasteiger partial charge in [0.1, 0.15) is 12.2 Å². The van der Waals surface area contributed by atoms with E-state index in [0.717, 1.165) is 22.0 Å². The van der Waals surface area contributed by atoms with Gasteiger partial charge in [0.05, 0.1) is 6.04 Å². The second-order valence-corrected chi connectivity index (χ2v) is 6.88. The van der Waals surface area contributed by atoms with Gasteiger partial charge >= 0.3 is 5.97 Å². The van der Waals surface area contributed by atoms with Crippen LogP contribution in [0.25, 0.3) is 10.9 Å². The van der Waals surface area contributed by atoms with E-state index in [1.54, 1.807) is 0 Å². The van der Waals surface area contributed by atoms with Gasteiger partial charge in [-0.05, 0) is 25.5 Å². The molecule has 2 aromatic carbocycles. The van der Waals surface area contributed by atoms with Crippen molar-refractivity contribution in [2.75, 3.05) is 6.54 Å². The molecule has 132 valence electrons. The molecule has 0 bridgehead atoms. The zero-order chi connectivity index (χ0) is 18.4. The second-order valence-electron chi connectivity index (χ2n) is 6.88. The first-order valence-electron chi connectivity index (χ1n) is 8.71. The third-order valence-corrected chi connectivity index (χ3v) is 4.94. The minimum Gasteiger partial charge on any atom is -0.480 e. The second kappa shape index (κ2) is 6.02. The van der Waals surface area contributed by atoms with Crippen molar-refractivity contribution < 1.29 is 14.7 Å². The summed E-state index contributed by atoms with van der Waals surface area (Å²) >= 11 is 0. The van der Waals surface area contributed by atoms with Crippen LogP contribution in [-0.2, 0) is 4.79 Å². The lowest BCUT2D eigenvalue weighted by Gasteiger charge is -2.25. The van der Waals surface area contributed by atoms with Crippen LogP contribution in [0.2, 0.25) is 0 Å². The predicted octanol–water partition coefficient (Wildman–Crippen LogP) is 3.85. The normalized spacial score (nSPS) is 16.5. The zero-order valence-corrected chi connectivity index (χ0v) is 14.7. The first-order valence-corrected chi connectivity index (χ1v) is 8.71. The van der Waals surface area contributed by atoms with Gasteiger partial charge in [-0.15, -0.1) is 0 Å². The summed E-state index contributed by atoms with van der Waals surface area (Å²) in [5.41, 5.74) is 3.45. The number of nitrogens with zero attached hydrogens (tertiary/aromatic N) is 2. The molecule has 3 aromatic rings. The maximum atomic E-state index is 13.3. The molecule has 4 rings (SSSR count). The van der Waals surface area contributed by atoms with Gasteiger partial charge in [0.2, 0.25) is 0 Å². The van der Waals surface area contributed by atoms with E-state index in [1.165, 1.54) is 4.90 Å². The number of hydrogen-bond donors (Lipinski definition) is 1. The number of carbonyl (C=O) groups excluding carboxylic acids is 1. The van der Waals surface area contributed by atoms with Crippen molar-refractivity contribution in [3.63, 3.8) is 0 Å². The number of benzene rings is 2. The van der Waals surface area contributed by atoms with Gasteiger partial charge < -0.3 is 14.6 Å². The summed E-state index contributed by atoms with van der Waals surface area (Å²) in [6, 6.07) is 17.3. The van der Waals surface area contributed by atoms with E-state index >= 15 is 0 Å². The summed E-state index contributed by atoms with van der Waals surface area (Å²) in [7, 11) is 0. The minimum absolute atomic E-state index is 0.0915. The lowest BCUT2D eigenvalue weighted by atomic mass is 9.98. The van der Waals surface area contributed by atoms with Crippen LogP contribution in [0.1, 0.15) is 47.5 Å². The van der Waals surface area contributed by atoms with E-state index in [-0.39, 0.29) is 24.5 Å². The average Bonchev–Trinajstić information content (AvgIpc) is 3.09. The standard InChI is InChI=1S/C21H20N2O3/c1-13(2)23-16-11-7-6-10-15(16)18-19(14-8-4-3-5-9-14)22(12-17(24)25)21(26)20(18)23/h3-11,13,19H,12H2,1-2H3,(H,24,25). The number of carboxylic acid groups (broad SMARTS) is 1. The number of aliphatic carboxylic acids is 1. The molecular formula is C21H20N2O3. The molecule has 0 fully saturated rings. The number of aromatic nitrogens is 1. The monoisotopic (exact) mass is 348 g/mol. The first kappa shape index (κ1) is 16.4. The maximum Gasteiger partial charge on any atom is 0.323 e. The van der Waals surface area contributed by atoms with Crippen molar-refractivity contribution in [1.82, 2.24) is 9.47 Å². The van der Waals surface area contributed by atoms with Gasteiger partial charge in [-0.25, -0.2) is 0 Å². The highest BCUT2D eigenvalue weighted by molar-refractivity contribution is 6.07. The topological polar surface area (TPSA) is 62.5 Å². The summed E-state index contributed by atoms with van der Waals surface area (Å²) in [6.45, 7) is 3.76. The molecule has 1 amide bonds. The lowest BCUT2D eigenvalue weighted by molar-refractivity contribution is -0.138. The van der Waals surface area contributed by atoms with Gasteiger partial charge in [0, 0.05) is 22.5 Å². The van der Waals surface area contributed by atoms with E-state index in [9.17, 15) is 14.7 Å². The fourth-order valence-electron chi connectivity index (χ4n) is 4.02. The highest BCUT2D eigenvalue weighted by Gasteiger charge is 2.43. The minimum atomic E-state index is -1.01. The van der Waals surface area contributed by atoms with Crippen molar-refractivity contribution in [2.24, 2.45) is 0 Å². The van der Waals surface area contributed by atoms with Crippen LogP contribution in [0.5, 0.6) is 0 Å². The fraction of sp³-hybridized carbons (Fsp3) is 0.238. The van der Waals surface area contributed by atoms with Crippen LogP contribution in [0.15, 0.2) is 54.6 Å². The summed E-state index contributed by atoms with van der Waals surface area (Å²) in [5, 5.41) is 10.4.